The largest absolute Gasteiger partial charge is 0.417 e. The molecule has 1 saturated heterocycles. The quantitative estimate of drug-likeness (QED) is 0.435. The number of aromatic nitrogens is 5. The molecule has 0 aromatic carbocycles. The molecule has 13 heteroatoms. The van der Waals surface area contributed by atoms with Gasteiger partial charge in [-0.2, -0.15) is 22.6 Å². The first-order valence-corrected chi connectivity index (χ1v) is 11.7. The number of alkyl halides is 3. The highest BCUT2D eigenvalue weighted by molar-refractivity contribution is 7.89. The number of piperazine rings is 1. The van der Waals surface area contributed by atoms with Gasteiger partial charge in [-0.25, -0.2) is 22.9 Å². The van der Waals surface area contributed by atoms with Crippen molar-refractivity contribution < 1.29 is 21.6 Å². The van der Waals surface area contributed by atoms with Crippen LogP contribution in [0.5, 0.6) is 0 Å². The predicted molar refractivity (Wildman–Crippen MR) is 116 cm³/mol. The molecule has 0 saturated carbocycles. The number of fused-ring (bicyclic) bond motifs is 1. The fourth-order valence-corrected chi connectivity index (χ4v) is 5.20. The summed E-state index contributed by atoms with van der Waals surface area (Å²) in [4.78, 5) is 14.1. The number of anilines is 1. The van der Waals surface area contributed by atoms with E-state index in [9.17, 15) is 21.6 Å². The van der Waals surface area contributed by atoms with Gasteiger partial charge in [-0.1, -0.05) is 6.07 Å². The number of hydrogen-bond acceptors (Lipinski definition) is 7. The maximum Gasteiger partial charge on any atom is 0.417 e. The second kappa shape index (κ2) is 8.33. The van der Waals surface area contributed by atoms with Crippen LogP contribution in [0.1, 0.15) is 5.56 Å². The van der Waals surface area contributed by atoms with Gasteiger partial charge in [-0.05, 0) is 30.3 Å². The van der Waals surface area contributed by atoms with Crippen molar-refractivity contribution in [2.75, 3.05) is 31.1 Å². The summed E-state index contributed by atoms with van der Waals surface area (Å²) in [5.41, 5.74) is -0.413. The number of imidazole rings is 1. The lowest BCUT2D eigenvalue weighted by molar-refractivity contribution is -0.137. The maximum atomic E-state index is 13.4. The van der Waals surface area contributed by atoms with E-state index in [2.05, 4.69) is 20.1 Å². The van der Waals surface area contributed by atoms with E-state index in [1.165, 1.54) is 28.8 Å². The van der Waals surface area contributed by atoms with Crippen LogP contribution in [-0.4, -0.2) is 63.5 Å². The van der Waals surface area contributed by atoms with Crippen molar-refractivity contribution in [3.8, 4) is 11.3 Å². The highest BCUT2D eigenvalue weighted by Crippen LogP contribution is 2.31. The molecule has 34 heavy (non-hydrogen) atoms. The smallest absolute Gasteiger partial charge is 0.354 e. The van der Waals surface area contributed by atoms with Crippen LogP contribution in [0.4, 0.5) is 19.0 Å². The Morgan fingerprint density at radius 1 is 0.912 bits per heavy atom. The van der Waals surface area contributed by atoms with Crippen molar-refractivity contribution in [2.24, 2.45) is 0 Å². The third-order valence-electron chi connectivity index (χ3n) is 5.51. The molecule has 0 bridgehead atoms. The summed E-state index contributed by atoms with van der Waals surface area (Å²) in [7, 11) is -3.95. The molecular formula is C21H18F3N7O2S. The van der Waals surface area contributed by atoms with Crippen molar-refractivity contribution in [3.05, 3.63) is 66.7 Å². The zero-order valence-corrected chi connectivity index (χ0v) is 18.4. The summed E-state index contributed by atoms with van der Waals surface area (Å²) in [6, 6.07) is 9.44. The molecule has 5 rings (SSSR count). The van der Waals surface area contributed by atoms with Crippen LogP contribution in [0, 0.1) is 0 Å². The Balaban J connectivity index is 1.44. The van der Waals surface area contributed by atoms with E-state index in [1.54, 1.807) is 6.20 Å². The molecule has 5 heterocycles. The third kappa shape index (κ3) is 4.07. The van der Waals surface area contributed by atoms with Crippen molar-refractivity contribution in [2.45, 2.75) is 11.2 Å². The topological polar surface area (TPSA) is 96.6 Å². The van der Waals surface area contributed by atoms with Crippen LogP contribution in [0.15, 0.2) is 66.2 Å². The Morgan fingerprint density at radius 2 is 1.71 bits per heavy atom. The predicted octanol–water partition coefficient (Wildman–Crippen LogP) is 2.72. The van der Waals surface area contributed by atoms with E-state index in [4.69, 9.17) is 0 Å². The van der Waals surface area contributed by atoms with E-state index in [-0.39, 0.29) is 35.0 Å². The van der Waals surface area contributed by atoms with Gasteiger partial charge in [0.15, 0.2) is 10.7 Å². The van der Waals surface area contributed by atoms with E-state index < -0.39 is 21.8 Å². The van der Waals surface area contributed by atoms with Crippen LogP contribution < -0.4 is 4.90 Å². The van der Waals surface area contributed by atoms with Gasteiger partial charge in [0.2, 0.25) is 0 Å². The van der Waals surface area contributed by atoms with E-state index in [0.717, 1.165) is 22.6 Å². The lowest BCUT2D eigenvalue weighted by Crippen LogP contribution is -2.49. The maximum absolute atomic E-state index is 13.4. The van der Waals surface area contributed by atoms with Crippen molar-refractivity contribution in [3.63, 3.8) is 0 Å². The molecule has 0 radical (unpaired) electrons. The van der Waals surface area contributed by atoms with E-state index >= 15 is 0 Å². The average Bonchev–Trinajstić information content (AvgIpc) is 3.28. The first kappa shape index (κ1) is 22.2. The van der Waals surface area contributed by atoms with Crippen molar-refractivity contribution >= 4 is 21.5 Å². The Labute approximate surface area is 192 Å². The van der Waals surface area contributed by atoms with Gasteiger partial charge in [0.05, 0.1) is 17.5 Å². The monoisotopic (exact) mass is 489 g/mol. The fourth-order valence-electron chi connectivity index (χ4n) is 3.75. The number of nitrogens with zero attached hydrogens (tertiary/aromatic N) is 7. The molecule has 0 spiro atoms. The van der Waals surface area contributed by atoms with Crippen LogP contribution in [0.25, 0.3) is 16.9 Å². The van der Waals surface area contributed by atoms with Crippen LogP contribution in [0.2, 0.25) is 0 Å². The van der Waals surface area contributed by atoms with Gasteiger partial charge < -0.3 is 4.90 Å². The fraction of sp³-hybridized carbons (Fsp3) is 0.238. The lowest BCUT2D eigenvalue weighted by Gasteiger charge is -2.34. The molecule has 4 aromatic rings. The minimum atomic E-state index is -4.56. The van der Waals surface area contributed by atoms with Crippen LogP contribution in [0.3, 0.4) is 0 Å². The standard InChI is InChI=1S/C21H18F3N7O2S/c22-21(23,24)16-11-15(12-25-13-16)17-4-5-19-27-14-20(31(19)28-17)34(32,33)30-9-7-29(8-10-30)18-3-1-2-6-26-18/h1-6,11-14H,7-10H2. The van der Waals surface area contributed by atoms with E-state index in [0.29, 0.717) is 13.1 Å². The number of hydrogen-bond donors (Lipinski definition) is 0. The molecule has 1 aliphatic heterocycles. The van der Waals surface area contributed by atoms with Gasteiger partial charge in [-0.3, -0.25) is 4.98 Å². The second-order valence-corrected chi connectivity index (χ2v) is 9.51. The zero-order valence-electron chi connectivity index (χ0n) is 17.6. The van der Waals surface area contributed by atoms with Crippen molar-refractivity contribution in [1.29, 1.82) is 0 Å². The Hall–Kier alpha value is -3.58. The Morgan fingerprint density at radius 3 is 2.41 bits per heavy atom. The van der Waals surface area contributed by atoms with Gasteiger partial charge in [0, 0.05) is 50.3 Å². The highest BCUT2D eigenvalue weighted by Gasteiger charge is 2.33. The lowest BCUT2D eigenvalue weighted by atomic mass is 10.1. The summed E-state index contributed by atoms with van der Waals surface area (Å²) < 4.78 is 68.5. The summed E-state index contributed by atoms with van der Waals surface area (Å²) in [5.74, 6) is 0.773. The zero-order chi connectivity index (χ0) is 23.9. The molecule has 0 aliphatic carbocycles. The normalized spacial score (nSPS) is 15.7. The van der Waals surface area contributed by atoms with Crippen LogP contribution >= 0.6 is 0 Å². The van der Waals surface area contributed by atoms with Gasteiger partial charge in [0.25, 0.3) is 10.0 Å². The number of rotatable bonds is 4. The first-order valence-electron chi connectivity index (χ1n) is 10.3. The molecule has 0 atom stereocenters. The van der Waals surface area contributed by atoms with Gasteiger partial charge >= 0.3 is 6.18 Å². The number of halogens is 3. The molecule has 0 amide bonds. The SMILES string of the molecule is O=S(=O)(c1cnc2ccc(-c3cncc(C(F)(F)F)c3)nn12)N1CCN(c2ccccn2)CC1. The third-order valence-corrected chi connectivity index (χ3v) is 7.36. The van der Waals surface area contributed by atoms with E-state index in [1.807, 2.05) is 23.1 Å². The molecule has 9 nitrogen and oxygen atoms in total. The summed E-state index contributed by atoms with van der Waals surface area (Å²) >= 11 is 0. The average molecular weight is 489 g/mol. The molecule has 1 aliphatic rings. The Kier molecular flexibility index (Phi) is 5.44. The number of pyridine rings is 2. The van der Waals surface area contributed by atoms with Crippen LogP contribution in [-0.2, 0) is 16.2 Å². The summed E-state index contributed by atoms with van der Waals surface area (Å²) in [6.07, 6.45) is 0.288. The van der Waals surface area contributed by atoms with Crippen molar-refractivity contribution in [1.82, 2.24) is 28.9 Å². The van der Waals surface area contributed by atoms with Gasteiger partial charge in [0.1, 0.15) is 5.82 Å². The minimum absolute atomic E-state index is 0.109. The van der Waals surface area contributed by atoms with Gasteiger partial charge in [-0.15, -0.1) is 0 Å². The Bertz CT molecular complexity index is 1430. The molecule has 0 unspecified atom stereocenters. The first-order chi connectivity index (χ1) is 16.2. The number of sulfonamides is 1. The minimum Gasteiger partial charge on any atom is -0.354 e. The molecule has 4 aromatic heterocycles. The summed E-state index contributed by atoms with van der Waals surface area (Å²) in [6.45, 7) is 1.40. The summed E-state index contributed by atoms with van der Waals surface area (Å²) in [5, 5.41) is 4.12. The molecular weight excluding hydrogens is 471 g/mol. The molecule has 176 valence electrons. The highest BCUT2D eigenvalue weighted by atomic mass is 32.2. The second-order valence-electron chi connectivity index (χ2n) is 7.62. The molecule has 1 fully saturated rings. The molecule has 0 N–H and O–H groups in total.